The molecule has 2 aromatic heterocycles. The van der Waals surface area contributed by atoms with Gasteiger partial charge in [-0.15, -0.1) is 0 Å². The van der Waals surface area contributed by atoms with Gasteiger partial charge in [0.25, 0.3) is 10.8 Å². The van der Waals surface area contributed by atoms with Crippen LogP contribution in [0.2, 0.25) is 0 Å². The summed E-state index contributed by atoms with van der Waals surface area (Å²) in [7, 11) is 3.07. The van der Waals surface area contributed by atoms with E-state index in [-0.39, 0.29) is 5.56 Å². The molecule has 4 rings (SSSR count). The van der Waals surface area contributed by atoms with Crippen molar-refractivity contribution in [1.82, 2.24) is 15.0 Å². The molecule has 7 nitrogen and oxygen atoms in total. The van der Waals surface area contributed by atoms with Crippen LogP contribution in [0.25, 0.3) is 22.0 Å². The van der Waals surface area contributed by atoms with Crippen molar-refractivity contribution in [3.8, 4) is 11.5 Å². The highest BCUT2D eigenvalue weighted by Gasteiger charge is 2.12. The molecule has 0 atom stereocenters. The van der Waals surface area contributed by atoms with Crippen LogP contribution in [0.5, 0.6) is 11.5 Å². The lowest BCUT2D eigenvalue weighted by atomic mass is 10.2. The summed E-state index contributed by atoms with van der Waals surface area (Å²) in [6.07, 6.45) is 0. The molecule has 0 saturated heterocycles. The van der Waals surface area contributed by atoms with Crippen LogP contribution in [0.15, 0.2) is 50.8 Å². The molecular weight excluding hydrogens is 354 g/mol. The van der Waals surface area contributed by atoms with Gasteiger partial charge in [0.15, 0.2) is 17.1 Å². The number of ether oxygens (including phenoxy) is 2. The fraction of sp³-hybridized carbons (Fsp3) is 0.167. The van der Waals surface area contributed by atoms with Crippen molar-refractivity contribution in [3.63, 3.8) is 0 Å². The molecule has 0 amide bonds. The highest BCUT2D eigenvalue weighted by Crippen LogP contribution is 2.30. The second-order valence-corrected chi connectivity index (χ2v) is 6.40. The number of benzene rings is 2. The van der Waals surface area contributed by atoms with E-state index in [1.807, 2.05) is 24.3 Å². The van der Waals surface area contributed by atoms with Crippen molar-refractivity contribution in [2.75, 3.05) is 14.2 Å². The molecule has 2 aromatic carbocycles. The Hall–Kier alpha value is -3.00. The molecule has 0 aliphatic rings. The van der Waals surface area contributed by atoms with Gasteiger partial charge in [-0.2, -0.15) is 0 Å². The summed E-state index contributed by atoms with van der Waals surface area (Å²) in [5.74, 6) is 1.96. The summed E-state index contributed by atoms with van der Waals surface area (Å²) >= 11 is 1.37. The van der Waals surface area contributed by atoms with E-state index >= 15 is 0 Å². The normalized spacial score (nSPS) is 11.2. The van der Waals surface area contributed by atoms with Crippen molar-refractivity contribution < 1.29 is 13.9 Å². The first kappa shape index (κ1) is 16.5. The Morgan fingerprint density at radius 2 is 1.85 bits per heavy atom. The number of aromatic amines is 1. The summed E-state index contributed by atoms with van der Waals surface area (Å²) in [4.78, 5) is 24.1. The van der Waals surface area contributed by atoms with Gasteiger partial charge in [0.2, 0.25) is 0 Å². The van der Waals surface area contributed by atoms with Gasteiger partial charge < -0.3 is 18.9 Å². The number of hydrogen-bond acceptors (Lipinski definition) is 7. The minimum atomic E-state index is -0.232. The highest BCUT2D eigenvalue weighted by atomic mass is 32.2. The lowest BCUT2D eigenvalue weighted by Gasteiger charge is -2.09. The Kier molecular flexibility index (Phi) is 4.26. The zero-order chi connectivity index (χ0) is 18.1. The zero-order valence-corrected chi connectivity index (χ0v) is 14.9. The first-order valence-electron chi connectivity index (χ1n) is 7.81. The maximum Gasteiger partial charge on any atom is 0.258 e. The molecule has 0 aliphatic heterocycles. The van der Waals surface area contributed by atoms with E-state index < -0.39 is 0 Å². The number of nitrogens with zero attached hydrogens (tertiary/aromatic N) is 2. The largest absolute Gasteiger partial charge is 0.493 e. The first-order valence-corrected chi connectivity index (χ1v) is 8.80. The van der Waals surface area contributed by atoms with Gasteiger partial charge in [0.05, 0.1) is 30.9 Å². The molecule has 132 valence electrons. The highest BCUT2D eigenvalue weighted by molar-refractivity contribution is 7.98. The van der Waals surface area contributed by atoms with Crippen molar-refractivity contribution in [1.29, 1.82) is 0 Å². The van der Waals surface area contributed by atoms with Gasteiger partial charge in [0, 0.05) is 6.07 Å². The molecule has 8 heteroatoms. The molecule has 4 aromatic rings. The standard InChI is InChI=1S/C18H15N3O4S/c1-23-14-7-10-12(8-15(14)24-2)19-16(21-17(10)22)9-26-18-20-11-5-3-4-6-13(11)25-18/h3-8H,9H2,1-2H3,(H,19,21,22). The van der Waals surface area contributed by atoms with E-state index in [2.05, 4.69) is 15.0 Å². The maximum absolute atomic E-state index is 12.4. The zero-order valence-electron chi connectivity index (χ0n) is 14.1. The molecule has 0 spiro atoms. The van der Waals surface area contributed by atoms with Crippen molar-refractivity contribution in [3.05, 3.63) is 52.6 Å². The third-order valence-electron chi connectivity index (χ3n) is 3.87. The van der Waals surface area contributed by atoms with Crippen LogP contribution in [0, 0.1) is 0 Å². The van der Waals surface area contributed by atoms with Crippen LogP contribution in [0.1, 0.15) is 5.82 Å². The first-order chi connectivity index (χ1) is 12.7. The van der Waals surface area contributed by atoms with Crippen LogP contribution >= 0.6 is 11.8 Å². The Bertz CT molecular complexity index is 1120. The molecule has 0 radical (unpaired) electrons. The van der Waals surface area contributed by atoms with Crippen LogP contribution in [-0.2, 0) is 5.75 Å². The molecule has 0 bridgehead atoms. The van der Waals surface area contributed by atoms with E-state index in [9.17, 15) is 4.79 Å². The second kappa shape index (κ2) is 6.72. The van der Waals surface area contributed by atoms with Crippen LogP contribution < -0.4 is 15.0 Å². The number of nitrogens with one attached hydrogen (secondary N) is 1. The van der Waals surface area contributed by atoms with E-state index in [0.29, 0.717) is 39.2 Å². The Morgan fingerprint density at radius 1 is 1.08 bits per heavy atom. The number of H-pyrrole nitrogens is 1. The molecule has 1 N–H and O–H groups in total. The lowest BCUT2D eigenvalue weighted by molar-refractivity contribution is 0.355. The topological polar surface area (TPSA) is 90.2 Å². The van der Waals surface area contributed by atoms with Crippen molar-refractivity contribution in [2.45, 2.75) is 11.0 Å². The van der Waals surface area contributed by atoms with E-state index in [1.54, 1.807) is 19.2 Å². The number of thioether (sulfide) groups is 1. The third kappa shape index (κ3) is 2.99. The Morgan fingerprint density at radius 3 is 2.62 bits per heavy atom. The second-order valence-electron chi connectivity index (χ2n) is 5.47. The number of hydrogen-bond donors (Lipinski definition) is 1. The fourth-order valence-corrected chi connectivity index (χ4v) is 3.33. The number of rotatable bonds is 5. The smallest absolute Gasteiger partial charge is 0.258 e. The number of oxazole rings is 1. The SMILES string of the molecule is COc1cc2nc(CSc3nc4ccccc4o3)[nH]c(=O)c2cc1OC. The summed E-state index contributed by atoms with van der Waals surface area (Å²) in [6.45, 7) is 0. The van der Waals surface area contributed by atoms with Gasteiger partial charge in [-0.05, 0) is 18.2 Å². The predicted octanol–water partition coefficient (Wildman–Crippen LogP) is 3.37. The van der Waals surface area contributed by atoms with Crippen LogP contribution in [0.3, 0.4) is 0 Å². The quantitative estimate of drug-likeness (QED) is 0.539. The molecule has 0 unspecified atom stereocenters. The number of methoxy groups -OCH3 is 2. The van der Waals surface area contributed by atoms with E-state index in [4.69, 9.17) is 13.9 Å². The van der Waals surface area contributed by atoms with Gasteiger partial charge in [-0.1, -0.05) is 23.9 Å². The molecule has 26 heavy (non-hydrogen) atoms. The van der Waals surface area contributed by atoms with Gasteiger partial charge in [0.1, 0.15) is 11.3 Å². The molecule has 0 aliphatic carbocycles. The molecule has 0 fully saturated rings. The average Bonchev–Trinajstić information content (AvgIpc) is 3.08. The van der Waals surface area contributed by atoms with Gasteiger partial charge in [-0.25, -0.2) is 9.97 Å². The Labute approximate surface area is 152 Å². The van der Waals surface area contributed by atoms with Gasteiger partial charge >= 0.3 is 0 Å². The van der Waals surface area contributed by atoms with E-state index in [0.717, 1.165) is 11.1 Å². The maximum atomic E-state index is 12.4. The number of aromatic nitrogens is 3. The summed E-state index contributed by atoms with van der Waals surface area (Å²) < 4.78 is 16.2. The van der Waals surface area contributed by atoms with Crippen LogP contribution in [-0.4, -0.2) is 29.2 Å². The fourth-order valence-electron chi connectivity index (χ4n) is 2.63. The van der Waals surface area contributed by atoms with Crippen molar-refractivity contribution in [2.24, 2.45) is 0 Å². The molecule has 2 heterocycles. The lowest BCUT2D eigenvalue weighted by Crippen LogP contribution is -2.11. The monoisotopic (exact) mass is 369 g/mol. The van der Waals surface area contributed by atoms with Crippen LogP contribution in [0.4, 0.5) is 0 Å². The minimum Gasteiger partial charge on any atom is -0.493 e. The third-order valence-corrected chi connectivity index (χ3v) is 4.71. The number of para-hydroxylation sites is 2. The predicted molar refractivity (Wildman–Crippen MR) is 99.0 cm³/mol. The summed E-state index contributed by atoms with van der Waals surface area (Å²) in [5, 5.41) is 0.972. The van der Waals surface area contributed by atoms with Crippen molar-refractivity contribution >= 4 is 33.8 Å². The average molecular weight is 369 g/mol. The minimum absolute atomic E-state index is 0.232. The Balaban J connectivity index is 1.64. The number of fused-ring (bicyclic) bond motifs is 2. The molecular formula is C18H15N3O4S. The molecule has 0 saturated carbocycles. The van der Waals surface area contributed by atoms with Gasteiger partial charge in [-0.3, -0.25) is 4.79 Å². The van der Waals surface area contributed by atoms with E-state index in [1.165, 1.54) is 18.9 Å². The summed E-state index contributed by atoms with van der Waals surface area (Å²) in [6, 6.07) is 10.9. The summed E-state index contributed by atoms with van der Waals surface area (Å²) in [5.41, 5.74) is 1.84.